The molecular formula is C15H20BrNO3. The van der Waals surface area contributed by atoms with Crippen molar-refractivity contribution >= 4 is 27.8 Å². The van der Waals surface area contributed by atoms with Crippen LogP contribution in [0.4, 0.5) is 0 Å². The molecular weight excluding hydrogens is 322 g/mol. The lowest BCUT2D eigenvalue weighted by atomic mass is 9.85. The van der Waals surface area contributed by atoms with Gasteiger partial charge in [-0.2, -0.15) is 0 Å². The molecule has 2 rings (SSSR count). The Balaban J connectivity index is 2.29. The quantitative estimate of drug-likeness (QED) is 0.572. The lowest BCUT2D eigenvalue weighted by Crippen LogP contribution is -2.51. The van der Waals surface area contributed by atoms with E-state index in [9.17, 15) is 9.59 Å². The predicted octanol–water partition coefficient (Wildman–Crippen LogP) is 2.44. The molecule has 0 N–H and O–H groups in total. The zero-order chi connectivity index (χ0) is 15.1. The van der Waals surface area contributed by atoms with Crippen LogP contribution in [0.5, 0.6) is 0 Å². The van der Waals surface area contributed by atoms with Crippen LogP contribution in [-0.4, -0.2) is 41.3 Å². The first kappa shape index (κ1) is 15.3. The maximum Gasteiger partial charge on any atom is 0.329 e. The number of carbonyl (C=O) groups is 2. The number of hydrogen-bond donors (Lipinski definition) is 0. The van der Waals surface area contributed by atoms with Gasteiger partial charge in [0, 0.05) is 16.9 Å². The van der Waals surface area contributed by atoms with Crippen LogP contribution in [0.15, 0.2) is 23.3 Å². The van der Waals surface area contributed by atoms with Gasteiger partial charge in [-0.25, -0.2) is 4.79 Å². The second kappa shape index (κ2) is 5.35. The lowest BCUT2D eigenvalue weighted by molar-refractivity contribution is -0.155. The first-order chi connectivity index (χ1) is 9.25. The van der Waals surface area contributed by atoms with Crippen molar-refractivity contribution in [2.45, 2.75) is 38.1 Å². The van der Waals surface area contributed by atoms with E-state index in [4.69, 9.17) is 4.74 Å². The van der Waals surface area contributed by atoms with E-state index in [0.717, 1.165) is 17.6 Å². The molecule has 0 fully saturated rings. The van der Waals surface area contributed by atoms with Crippen molar-refractivity contribution < 1.29 is 14.3 Å². The van der Waals surface area contributed by atoms with Crippen LogP contribution in [0, 0.1) is 5.41 Å². The molecule has 4 nitrogen and oxygen atoms in total. The molecule has 2 atom stereocenters. The number of allylic oxidation sites excluding steroid dienone is 1. The fourth-order valence-electron chi connectivity index (χ4n) is 2.80. The van der Waals surface area contributed by atoms with Crippen molar-refractivity contribution in [2.75, 3.05) is 13.7 Å². The third-order valence-corrected chi connectivity index (χ3v) is 4.33. The Labute approximate surface area is 128 Å². The molecule has 20 heavy (non-hydrogen) atoms. The number of rotatable bonds is 2. The van der Waals surface area contributed by atoms with Gasteiger partial charge in [-0.3, -0.25) is 4.79 Å². The molecule has 0 radical (unpaired) electrons. The van der Waals surface area contributed by atoms with Gasteiger partial charge in [-0.1, -0.05) is 48.9 Å². The van der Waals surface area contributed by atoms with Crippen molar-refractivity contribution in [3.8, 4) is 0 Å². The highest BCUT2D eigenvalue weighted by atomic mass is 79.9. The summed E-state index contributed by atoms with van der Waals surface area (Å²) in [5.41, 5.74) is 1.46. The summed E-state index contributed by atoms with van der Waals surface area (Å²) in [5.74, 6) is -0.425. The normalized spacial score (nSPS) is 23.9. The Hall–Kier alpha value is -1.10. The van der Waals surface area contributed by atoms with E-state index in [1.165, 1.54) is 7.11 Å². The minimum Gasteiger partial charge on any atom is -0.467 e. The van der Waals surface area contributed by atoms with Crippen LogP contribution in [0.2, 0.25) is 0 Å². The number of amides is 1. The van der Waals surface area contributed by atoms with Gasteiger partial charge >= 0.3 is 5.97 Å². The molecule has 0 spiro atoms. The Morgan fingerprint density at radius 2 is 2.15 bits per heavy atom. The summed E-state index contributed by atoms with van der Waals surface area (Å²) in [5, 5.41) is 0. The molecule has 110 valence electrons. The number of halogens is 1. The van der Waals surface area contributed by atoms with E-state index in [1.54, 1.807) is 4.90 Å². The Kier molecular flexibility index (Phi) is 4.09. The van der Waals surface area contributed by atoms with E-state index >= 15 is 0 Å². The van der Waals surface area contributed by atoms with Gasteiger partial charge in [0.2, 0.25) is 0 Å². The molecule has 1 aliphatic heterocycles. The molecule has 0 aromatic rings. The summed E-state index contributed by atoms with van der Waals surface area (Å²) >= 11 is 3.54. The van der Waals surface area contributed by atoms with Crippen molar-refractivity contribution in [1.82, 2.24) is 4.90 Å². The summed E-state index contributed by atoms with van der Waals surface area (Å²) in [4.78, 5) is 26.6. The molecule has 0 bridgehead atoms. The largest absolute Gasteiger partial charge is 0.467 e. The molecule has 2 unspecified atom stereocenters. The smallest absolute Gasteiger partial charge is 0.329 e. The monoisotopic (exact) mass is 341 g/mol. The highest BCUT2D eigenvalue weighted by Crippen LogP contribution is 2.35. The summed E-state index contributed by atoms with van der Waals surface area (Å²) < 4.78 is 4.90. The van der Waals surface area contributed by atoms with E-state index in [0.29, 0.717) is 6.54 Å². The number of hydrogen-bond acceptors (Lipinski definition) is 3. The van der Waals surface area contributed by atoms with Gasteiger partial charge in [0.25, 0.3) is 5.91 Å². The van der Waals surface area contributed by atoms with Crippen LogP contribution < -0.4 is 0 Å². The molecule has 0 aromatic carbocycles. The van der Waals surface area contributed by atoms with Crippen LogP contribution in [0.25, 0.3) is 0 Å². The van der Waals surface area contributed by atoms with Crippen LogP contribution >= 0.6 is 15.9 Å². The number of alkyl halides is 1. The predicted molar refractivity (Wildman–Crippen MR) is 80.5 cm³/mol. The molecule has 0 saturated carbocycles. The SMILES string of the molecule is COC(=O)C(N1CC2=C(C=CC(Br)C2)C1=O)C(C)(C)C. The average molecular weight is 342 g/mol. The van der Waals surface area contributed by atoms with Gasteiger partial charge in [0.1, 0.15) is 6.04 Å². The van der Waals surface area contributed by atoms with Crippen molar-refractivity contribution in [2.24, 2.45) is 5.41 Å². The van der Waals surface area contributed by atoms with Crippen molar-refractivity contribution in [3.05, 3.63) is 23.3 Å². The van der Waals surface area contributed by atoms with Crippen LogP contribution in [0.1, 0.15) is 27.2 Å². The molecule has 0 aromatic heterocycles. The van der Waals surface area contributed by atoms with Crippen LogP contribution in [0.3, 0.4) is 0 Å². The fraction of sp³-hybridized carbons (Fsp3) is 0.600. The van der Waals surface area contributed by atoms with Gasteiger partial charge in [-0.05, 0) is 17.4 Å². The number of carbonyl (C=O) groups excluding carboxylic acids is 2. The zero-order valence-corrected chi connectivity index (χ0v) is 13.9. The highest BCUT2D eigenvalue weighted by Gasteiger charge is 2.44. The Morgan fingerprint density at radius 1 is 1.50 bits per heavy atom. The number of nitrogens with zero attached hydrogens (tertiary/aromatic N) is 1. The second-order valence-corrected chi connectivity index (χ2v) is 7.50. The molecule has 5 heteroatoms. The summed E-state index contributed by atoms with van der Waals surface area (Å²) in [6.07, 6.45) is 4.65. The van der Waals surface area contributed by atoms with E-state index in [1.807, 2.05) is 32.9 Å². The third kappa shape index (κ3) is 2.68. The summed E-state index contributed by atoms with van der Waals surface area (Å²) in [6.45, 7) is 6.35. The average Bonchev–Trinajstić information content (AvgIpc) is 2.64. The van der Waals surface area contributed by atoms with E-state index in [-0.39, 0.29) is 22.1 Å². The maximum absolute atomic E-state index is 12.5. The van der Waals surface area contributed by atoms with Gasteiger partial charge in [-0.15, -0.1) is 0 Å². The van der Waals surface area contributed by atoms with Gasteiger partial charge in [0.15, 0.2) is 0 Å². The minimum atomic E-state index is -0.562. The van der Waals surface area contributed by atoms with Crippen molar-refractivity contribution in [3.63, 3.8) is 0 Å². The topological polar surface area (TPSA) is 46.6 Å². The van der Waals surface area contributed by atoms with Crippen LogP contribution in [-0.2, 0) is 14.3 Å². The van der Waals surface area contributed by atoms with Gasteiger partial charge < -0.3 is 9.64 Å². The Morgan fingerprint density at radius 3 is 2.70 bits per heavy atom. The molecule has 2 aliphatic rings. The lowest BCUT2D eigenvalue weighted by Gasteiger charge is -2.35. The standard InChI is InChI=1S/C15H20BrNO3/c1-15(2,3)12(14(19)20-4)17-8-9-7-10(16)5-6-11(9)13(17)18/h5-6,10,12H,7-8H2,1-4H3. The number of methoxy groups -OCH3 is 1. The minimum absolute atomic E-state index is 0.0685. The first-order valence-electron chi connectivity index (χ1n) is 6.68. The fourth-order valence-corrected chi connectivity index (χ4v) is 3.35. The number of esters is 1. The molecule has 1 amide bonds. The van der Waals surface area contributed by atoms with Crippen molar-refractivity contribution in [1.29, 1.82) is 0 Å². The van der Waals surface area contributed by atoms with E-state index in [2.05, 4.69) is 15.9 Å². The molecule has 0 saturated heterocycles. The van der Waals surface area contributed by atoms with E-state index < -0.39 is 6.04 Å². The summed E-state index contributed by atoms with van der Waals surface area (Å²) in [6, 6.07) is -0.562. The zero-order valence-electron chi connectivity index (χ0n) is 12.3. The molecule has 1 heterocycles. The molecule has 1 aliphatic carbocycles. The Bertz CT molecular complexity index is 502. The first-order valence-corrected chi connectivity index (χ1v) is 7.60. The highest BCUT2D eigenvalue weighted by molar-refractivity contribution is 9.09. The summed E-state index contributed by atoms with van der Waals surface area (Å²) in [7, 11) is 1.36. The number of ether oxygens (including phenoxy) is 1. The third-order valence-electron chi connectivity index (χ3n) is 3.70. The van der Waals surface area contributed by atoms with Gasteiger partial charge in [0.05, 0.1) is 7.11 Å². The second-order valence-electron chi connectivity index (χ2n) is 6.32. The maximum atomic E-state index is 12.5.